The maximum atomic E-state index is 13.6. The second kappa shape index (κ2) is 15.0. The number of nitrogens with one attached hydrogen (secondary N) is 2. The first-order valence-electron chi connectivity index (χ1n) is 13.4. The Morgan fingerprint density at radius 2 is 1.64 bits per heavy atom. The summed E-state index contributed by atoms with van der Waals surface area (Å²) in [5, 5.41) is 24.1. The molecule has 39 heavy (non-hydrogen) atoms. The van der Waals surface area contributed by atoms with Gasteiger partial charge in [0, 0.05) is 24.8 Å². The van der Waals surface area contributed by atoms with E-state index in [1.54, 1.807) is 31.0 Å². The number of benzene rings is 1. The third-order valence-electron chi connectivity index (χ3n) is 6.30. The molecule has 0 unspecified atom stereocenters. The minimum absolute atomic E-state index is 0.102. The number of ether oxygens (including phenoxy) is 1. The first-order valence-corrected chi connectivity index (χ1v) is 13.4. The number of aliphatic hydroxyl groups is 2. The van der Waals surface area contributed by atoms with Crippen LogP contribution in [-0.4, -0.2) is 89.4 Å². The van der Waals surface area contributed by atoms with Crippen molar-refractivity contribution in [2.24, 2.45) is 0 Å². The molecule has 2 aromatic rings. The quantitative estimate of drug-likeness (QED) is 0.395. The maximum absolute atomic E-state index is 13.6. The highest BCUT2D eigenvalue weighted by atomic mass is 16.5. The van der Waals surface area contributed by atoms with Gasteiger partial charge in [0.05, 0.1) is 49.5 Å². The molecule has 0 saturated heterocycles. The Morgan fingerprint density at radius 3 is 2.36 bits per heavy atom. The van der Waals surface area contributed by atoms with Crippen molar-refractivity contribution in [3.63, 3.8) is 0 Å². The van der Waals surface area contributed by atoms with Gasteiger partial charge in [-0.25, -0.2) is 0 Å². The number of rotatable bonds is 8. The van der Waals surface area contributed by atoms with Gasteiger partial charge < -0.3 is 35.4 Å². The highest BCUT2D eigenvalue weighted by molar-refractivity contribution is 5.97. The highest BCUT2D eigenvalue weighted by Crippen LogP contribution is 2.34. The molecule has 1 aromatic carbocycles. The second-order valence-corrected chi connectivity index (χ2v) is 9.78. The lowest BCUT2D eigenvalue weighted by Gasteiger charge is -2.27. The van der Waals surface area contributed by atoms with Crippen molar-refractivity contribution in [2.75, 3.05) is 44.4 Å². The van der Waals surface area contributed by atoms with Gasteiger partial charge in [0.2, 0.25) is 11.8 Å². The molecule has 0 saturated carbocycles. The lowest BCUT2D eigenvalue weighted by Crippen LogP contribution is -2.44. The van der Waals surface area contributed by atoms with Crippen LogP contribution in [0.4, 0.5) is 11.4 Å². The number of nitrogens with zero attached hydrogens (tertiary/aromatic N) is 3. The van der Waals surface area contributed by atoms with Gasteiger partial charge in [-0.05, 0) is 44.9 Å². The van der Waals surface area contributed by atoms with E-state index in [1.165, 1.54) is 11.1 Å². The molecule has 0 fully saturated rings. The second-order valence-electron chi connectivity index (χ2n) is 9.78. The molecule has 3 rings (SSSR count). The minimum atomic E-state index is -0.424. The molecule has 2 heterocycles. The van der Waals surface area contributed by atoms with E-state index >= 15 is 0 Å². The number of hydrogen-bond donors (Lipinski definition) is 4. The zero-order valence-electron chi connectivity index (χ0n) is 22.6. The number of carbonyl (C=O) groups is 3. The van der Waals surface area contributed by atoms with Crippen LogP contribution < -0.4 is 20.3 Å². The number of carbonyl (C=O) groups excluding carboxylic acids is 3. The van der Waals surface area contributed by atoms with Crippen LogP contribution in [0.1, 0.15) is 49.9 Å². The minimum Gasteiger partial charge on any atom is -0.491 e. The van der Waals surface area contributed by atoms with Gasteiger partial charge >= 0.3 is 0 Å². The average Bonchev–Trinajstić information content (AvgIpc) is 2.94. The average molecular weight is 542 g/mol. The van der Waals surface area contributed by atoms with Gasteiger partial charge in [-0.3, -0.25) is 19.4 Å². The number of anilines is 2. The number of fused-ring (bicyclic) bond motifs is 3. The number of pyridine rings is 1. The zero-order chi connectivity index (χ0) is 28.2. The smallest absolute Gasteiger partial charge is 0.255 e. The summed E-state index contributed by atoms with van der Waals surface area (Å²) in [6, 6.07) is 8.18. The van der Waals surface area contributed by atoms with Gasteiger partial charge in [0.1, 0.15) is 12.3 Å². The van der Waals surface area contributed by atoms with Crippen LogP contribution in [0.3, 0.4) is 0 Å². The van der Waals surface area contributed by atoms with Crippen LogP contribution in [0.2, 0.25) is 0 Å². The predicted octanol–water partition coefficient (Wildman–Crippen LogP) is 1.61. The fraction of sp³-hybridized carbons (Fsp3) is 0.500. The maximum Gasteiger partial charge on any atom is 0.255 e. The van der Waals surface area contributed by atoms with Crippen molar-refractivity contribution in [3.05, 3.63) is 48.3 Å². The van der Waals surface area contributed by atoms with Crippen molar-refractivity contribution in [3.8, 4) is 5.75 Å². The van der Waals surface area contributed by atoms with Gasteiger partial charge in [0.15, 0.2) is 0 Å². The molecule has 1 aromatic heterocycles. The van der Waals surface area contributed by atoms with Crippen LogP contribution in [0.15, 0.2) is 42.7 Å². The van der Waals surface area contributed by atoms with Crippen molar-refractivity contribution in [2.45, 2.75) is 51.6 Å². The van der Waals surface area contributed by atoms with Crippen LogP contribution in [-0.2, 0) is 9.59 Å². The summed E-state index contributed by atoms with van der Waals surface area (Å²) >= 11 is 0. The van der Waals surface area contributed by atoms with Gasteiger partial charge in [-0.1, -0.05) is 25.0 Å². The SMILES string of the molecule is C[C@@H](CO)NC(=O)CN1CCCCCCOc2ccccc2N(CC(=O)N[C@@H](C)CO)c2cncc(c2)C1=O. The standard InChI is InChI=1S/C28H39N5O6/c1-20(18-34)30-26(36)16-32-11-7-3-4-8-12-39-25-10-6-5-9-24(25)33(17-27(37)31-21(2)19-35)23-13-22(28(32)38)14-29-15-23/h5-6,9-10,13-15,20-21,34-35H,3-4,7-8,11-12,16-19H2,1-2H3,(H,30,36)(H,31,37)/t20-,21-/m0/s1. The lowest BCUT2D eigenvalue weighted by molar-refractivity contribution is -0.123. The Labute approximate surface area is 229 Å². The molecular weight excluding hydrogens is 502 g/mol. The molecule has 0 aliphatic carbocycles. The number of aliphatic hydroxyl groups excluding tert-OH is 2. The molecule has 2 atom stereocenters. The van der Waals surface area contributed by atoms with Gasteiger partial charge in [-0.2, -0.15) is 0 Å². The molecule has 4 N–H and O–H groups in total. The third-order valence-corrected chi connectivity index (χ3v) is 6.30. The monoisotopic (exact) mass is 541 g/mol. The molecular formula is C28H39N5O6. The molecule has 1 aliphatic heterocycles. The summed E-state index contributed by atoms with van der Waals surface area (Å²) in [6.07, 6.45) is 6.28. The molecule has 212 valence electrons. The highest BCUT2D eigenvalue weighted by Gasteiger charge is 2.24. The van der Waals surface area contributed by atoms with Crippen molar-refractivity contribution in [1.29, 1.82) is 0 Å². The van der Waals surface area contributed by atoms with E-state index in [2.05, 4.69) is 15.6 Å². The Kier molecular flexibility index (Phi) is 11.5. The molecule has 11 heteroatoms. The van der Waals surface area contributed by atoms with Gasteiger partial charge in [0.25, 0.3) is 5.91 Å². The molecule has 3 amide bonds. The summed E-state index contributed by atoms with van der Waals surface area (Å²) in [7, 11) is 0. The van der Waals surface area contributed by atoms with Crippen LogP contribution in [0.25, 0.3) is 0 Å². The molecule has 11 nitrogen and oxygen atoms in total. The molecule has 2 bridgehead atoms. The van der Waals surface area contributed by atoms with E-state index in [9.17, 15) is 24.6 Å². The summed E-state index contributed by atoms with van der Waals surface area (Å²) in [5.74, 6) is -0.430. The third kappa shape index (κ3) is 8.93. The Balaban J connectivity index is 1.99. The molecule has 1 aliphatic rings. The number of amides is 3. The summed E-state index contributed by atoms with van der Waals surface area (Å²) < 4.78 is 6.11. The van der Waals surface area contributed by atoms with Crippen LogP contribution >= 0.6 is 0 Å². The van der Waals surface area contributed by atoms with Crippen molar-refractivity contribution >= 4 is 29.1 Å². The van der Waals surface area contributed by atoms with Crippen molar-refractivity contribution in [1.82, 2.24) is 20.5 Å². The number of aromatic nitrogens is 1. The van der Waals surface area contributed by atoms with E-state index < -0.39 is 12.1 Å². The first-order chi connectivity index (χ1) is 18.8. The van der Waals surface area contributed by atoms with E-state index in [0.717, 1.165) is 19.3 Å². The van der Waals surface area contributed by atoms with Crippen LogP contribution in [0.5, 0.6) is 5.75 Å². The van der Waals surface area contributed by atoms with E-state index in [4.69, 9.17) is 4.74 Å². The van der Waals surface area contributed by atoms with Crippen molar-refractivity contribution < 1.29 is 29.3 Å². The topological polar surface area (TPSA) is 144 Å². The Morgan fingerprint density at radius 1 is 0.974 bits per heavy atom. The Bertz CT molecular complexity index is 1110. The van der Waals surface area contributed by atoms with E-state index in [1.807, 2.05) is 24.3 Å². The normalized spacial score (nSPS) is 16.2. The predicted molar refractivity (Wildman–Crippen MR) is 147 cm³/mol. The molecule has 0 radical (unpaired) electrons. The number of hydrogen-bond acceptors (Lipinski definition) is 8. The van der Waals surface area contributed by atoms with Gasteiger partial charge in [-0.15, -0.1) is 0 Å². The van der Waals surface area contributed by atoms with E-state index in [-0.39, 0.29) is 49.6 Å². The summed E-state index contributed by atoms with van der Waals surface area (Å²) in [4.78, 5) is 46.6. The molecule has 0 spiro atoms. The van der Waals surface area contributed by atoms with E-state index in [0.29, 0.717) is 36.7 Å². The fourth-order valence-electron chi connectivity index (χ4n) is 4.23. The summed E-state index contributed by atoms with van der Waals surface area (Å²) in [5.41, 5.74) is 1.41. The fourth-order valence-corrected chi connectivity index (χ4v) is 4.23. The lowest BCUT2D eigenvalue weighted by atomic mass is 10.1. The Hall–Kier alpha value is -3.70. The van der Waals surface area contributed by atoms with Crippen LogP contribution in [0, 0.1) is 0 Å². The summed E-state index contributed by atoms with van der Waals surface area (Å²) in [6.45, 7) is 3.61. The zero-order valence-corrected chi connectivity index (χ0v) is 22.6. The largest absolute Gasteiger partial charge is 0.491 e. The first kappa shape index (κ1) is 29.9. The number of para-hydroxylation sites is 2.